The molecule has 0 aliphatic heterocycles. The predicted octanol–water partition coefficient (Wildman–Crippen LogP) is 2.18. The normalized spacial score (nSPS) is 10.9. The maximum atomic E-state index is 11.6. The van der Waals surface area contributed by atoms with Crippen molar-refractivity contribution in [3.8, 4) is 0 Å². The van der Waals surface area contributed by atoms with Gasteiger partial charge in [-0.3, -0.25) is 9.59 Å². The summed E-state index contributed by atoms with van der Waals surface area (Å²) >= 11 is 5.73. The predicted molar refractivity (Wildman–Crippen MR) is 71.6 cm³/mol. The van der Waals surface area contributed by atoms with Gasteiger partial charge in [0.15, 0.2) is 0 Å². The highest BCUT2D eigenvalue weighted by atomic mass is 35.5. The van der Waals surface area contributed by atoms with E-state index < -0.39 is 0 Å². The van der Waals surface area contributed by atoms with Gasteiger partial charge in [0.1, 0.15) is 0 Å². The molecule has 0 aliphatic rings. The Morgan fingerprint density at radius 2 is 1.83 bits per heavy atom. The van der Waals surface area contributed by atoms with E-state index in [9.17, 15) is 9.59 Å². The van der Waals surface area contributed by atoms with Crippen LogP contribution in [0.15, 0.2) is 29.4 Å². The Labute approximate surface area is 110 Å². The van der Waals surface area contributed by atoms with E-state index >= 15 is 0 Å². The third kappa shape index (κ3) is 5.45. The van der Waals surface area contributed by atoms with Crippen LogP contribution >= 0.6 is 11.6 Å². The molecule has 0 radical (unpaired) electrons. The van der Waals surface area contributed by atoms with Crippen LogP contribution in [0.3, 0.4) is 0 Å². The Morgan fingerprint density at radius 1 is 1.22 bits per heavy atom. The van der Waals surface area contributed by atoms with Crippen LogP contribution in [-0.2, 0) is 9.59 Å². The molecule has 6 heteroatoms. The number of hydrogen-bond acceptors (Lipinski definition) is 3. The monoisotopic (exact) mass is 267 g/mol. The van der Waals surface area contributed by atoms with Gasteiger partial charge in [0.2, 0.25) is 11.8 Å². The van der Waals surface area contributed by atoms with Crippen molar-refractivity contribution in [3.63, 3.8) is 0 Å². The topological polar surface area (TPSA) is 70.6 Å². The molecule has 5 nitrogen and oxygen atoms in total. The second kappa shape index (κ2) is 6.76. The van der Waals surface area contributed by atoms with Gasteiger partial charge in [0.25, 0.3) is 0 Å². The number of carbonyl (C=O) groups excluding carboxylic acids is 2. The minimum absolute atomic E-state index is 0.114. The van der Waals surface area contributed by atoms with Crippen molar-refractivity contribution in [2.24, 2.45) is 5.10 Å². The number of rotatable bonds is 4. The lowest BCUT2D eigenvalue weighted by atomic mass is 10.2. The highest BCUT2D eigenvalue weighted by Crippen LogP contribution is 2.13. The fraction of sp³-hybridized carbons (Fsp3) is 0.250. The lowest BCUT2D eigenvalue weighted by Crippen LogP contribution is -2.19. The average Bonchev–Trinajstić information content (AvgIpc) is 2.29. The van der Waals surface area contributed by atoms with E-state index in [0.717, 1.165) is 0 Å². The van der Waals surface area contributed by atoms with Gasteiger partial charge in [-0.1, -0.05) is 11.6 Å². The van der Waals surface area contributed by atoms with Crippen LogP contribution in [0, 0.1) is 0 Å². The second-order valence-electron chi connectivity index (χ2n) is 3.75. The molecule has 1 aromatic rings. The summed E-state index contributed by atoms with van der Waals surface area (Å²) in [6.45, 7) is 3.02. The van der Waals surface area contributed by atoms with E-state index in [4.69, 9.17) is 11.6 Å². The number of carbonyl (C=O) groups is 2. The standard InChI is InChI=1S/C12H14ClN3O2/c1-8(15-16-9(2)17)7-12(18)14-11-5-3-10(13)4-6-11/h3-6H,7H2,1-2H3,(H,14,18)(H,16,17). The minimum Gasteiger partial charge on any atom is -0.326 e. The van der Waals surface area contributed by atoms with Gasteiger partial charge < -0.3 is 5.32 Å². The van der Waals surface area contributed by atoms with Crippen LogP contribution < -0.4 is 10.7 Å². The Bertz CT molecular complexity index is 469. The smallest absolute Gasteiger partial charge is 0.236 e. The van der Waals surface area contributed by atoms with E-state index in [-0.39, 0.29) is 18.2 Å². The zero-order valence-electron chi connectivity index (χ0n) is 10.2. The zero-order valence-corrected chi connectivity index (χ0v) is 10.9. The first kappa shape index (κ1) is 14.2. The fourth-order valence-corrected chi connectivity index (χ4v) is 1.31. The van der Waals surface area contributed by atoms with Crippen LogP contribution in [-0.4, -0.2) is 17.5 Å². The van der Waals surface area contributed by atoms with E-state index in [2.05, 4.69) is 15.8 Å². The van der Waals surface area contributed by atoms with E-state index in [1.807, 2.05) is 0 Å². The zero-order chi connectivity index (χ0) is 13.5. The Morgan fingerprint density at radius 3 is 2.39 bits per heavy atom. The summed E-state index contributed by atoms with van der Waals surface area (Å²) < 4.78 is 0. The van der Waals surface area contributed by atoms with Crippen molar-refractivity contribution in [1.29, 1.82) is 0 Å². The third-order valence-corrected chi connectivity index (χ3v) is 2.20. The molecule has 2 amide bonds. The van der Waals surface area contributed by atoms with Gasteiger partial charge in [-0.05, 0) is 31.2 Å². The number of nitrogens with zero attached hydrogens (tertiary/aromatic N) is 1. The highest BCUT2D eigenvalue weighted by molar-refractivity contribution is 6.30. The van der Waals surface area contributed by atoms with Crippen LogP contribution in [0.25, 0.3) is 0 Å². The molecule has 96 valence electrons. The molecule has 0 heterocycles. The van der Waals surface area contributed by atoms with Gasteiger partial charge >= 0.3 is 0 Å². The minimum atomic E-state index is -0.271. The largest absolute Gasteiger partial charge is 0.326 e. The number of halogens is 1. The van der Waals surface area contributed by atoms with E-state index in [0.29, 0.717) is 16.4 Å². The van der Waals surface area contributed by atoms with Crippen molar-refractivity contribution >= 4 is 34.8 Å². The summed E-state index contributed by atoms with van der Waals surface area (Å²) in [5.41, 5.74) is 3.46. The highest BCUT2D eigenvalue weighted by Gasteiger charge is 2.04. The van der Waals surface area contributed by atoms with Crippen LogP contribution in [0.4, 0.5) is 5.69 Å². The van der Waals surface area contributed by atoms with Crippen molar-refractivity contribution in [3.05, 3.63) is 29.3 Å². The number of amides is 2. The maximum Gasteiger partial charge on any atom is 0.236 e. The van der Waals surface area contributed by atoms with Gasteiger partial charge in [0, 0.05) is 23.3 Å². The van der Waals surface area contributed by atoms with Gasteiger partial charge in [-0.15, -0.1) is 0 Å². The summed E-state index contributed by atoms with van der Waals surface area (Å²) in [6.07, 6.45) is 0.114. The molecule has 2 N–H and O–H groups in total. The van der Waals surface area contributed by atoms with E-state index in [1.54, 1.807) is 31.2 Å². The molecular formula is C12H14ClN3O2. The summed E-state index contributed by atoms with van der Waals surface area (Å²) in [5.74, 6) is -0.476. The van der Waals surface area contributed by atoms with Crippen molar-refractivity contribution in [2.45, 2.75) is 20.3 Å². The number of anilines is 1. The molecule has 0 atom stereocenters. The Balaban J connectivity index is 2.49. The summed E-state index contributed by atoms with van der Waals surface area (Å²) in [5, 5.41) is 7.06. The van der Waals surface area contributed by atoms with Crippen molar-refractivity contribution < 1.29 is 9.59 Å². The summed E-state index contributed by atoms with van der Waals surface area (Å²) in [7, 11) is 0. The first-order valence-corrected chi connectivity index (χ1v) is 5.70. The molecule has 18 heavy (non-hydrogen) atoms. The van der Waals surface area contributed by atoms with Crippen LogP contribution in [0.2, 0.25) is 5.02 Å². The molecule has 0 saturated heterocycles. The first-order chi connectivity index (χ1) is 8.47. The Kier molecular flexibility index (Phi) is 5.32. The molecule has 0 unspecified atom stereocenters. The lowest BCUT2D eigenvalue weighted by molar-refractivity contribution is -0.119. The van der Waals surface area contributed by atoms with E-state index in [1.165, 1.54) is 6.92 Å². The number of benzene rings is 1. The SMILES string of the molecule is CC(=O)NN=C(C)CC(=O)Nc1ccc(Cl)cc1. The van der Waals surface area contributed by atoms with Gasteiger partial charge in [0.05, 0.1) is 6.42 Å². The second-order valence-corrected chi connectivity index (χ2v) is 4.18. The molecule has 0 aromatic heterocycles. The number of hydrogen-bond donors (Lipinski definition) is 2. The van der Waals surface area contributed by atoms with Crippen LogP contribution in [0.1, 0.15) is 20.3 Å². The molecular weight excluding hydrogens is 254 g/mol. The molecule has 0 saturated carbocycles. The number of nitrogens with one attached hydrogen (secondary N) is 2. The van der Waals surface area contributed by atoms with Crippen molar-refractivity contribution in [2.75, 3.05) is 5.32 Å². The third-order valence-electron chi connectivity index (χ3n) is 1.95. The Hall–Kier alpha value is -1.88. The molecule has 0 fully saturated rings. The van der Waals surface area contributed by atoms with Crippen molar-refractivity contribution in [1.82, 2.24) is 5.43 Å². The summed E-state index contributed by atoms with van der Waals surface area (Å²) in [4.78, 5) is 22.2. The molecule has 1 rings (SSSR count). The average molecular weight is 268 g/mol. The van der Waals surface area contributed by atoms with Gasteiger partial charge in [-0.2, -0.15) is 5.10 Å². The number of hydrazone groups is 1. The lowest BCUT2D eigenvalue weighted by Gasteiger charge is -2.05. The molecule has 1 aromatic carbocycles. The maximum absolute atomic E-state index is 11.6. The molecule has 0 bridgehead atoms. The molecule has 0 aliphatic carbocycles. The first-order valence-electron chi connectivity index (χ1n) is 5.32. The quantitative estimate of drug-likeness (QED) is 0.648. The van der Waals surface area contributed by atoms with Crippen LogP contribution in [0.5, 0.6) is 0 Å². The van der Waals surface area contributed by atoms with Gasteiger partial charge in [-0.25, -0.2) is 5.43 Å². The molecule has 0 spiro atoms. The summed E-state index contributed by atoms with van der Waals surface area (Å²) in [6, 6.07) is 6.80. The fourth-order valence-electron chi connectivity index (χ4n) is 1.18.